The van der Waals surface area contributed by atoms with Crippen molar-refractivity contribution in [2.75, 3.05) is 52.3 Å². The van der Waals surface area contributed by atoms with E-state index in [1.165, 1.54) is 21.3 Å². The third-order valence-corrected chi connectivity index (χ3v) is 6.69. The first-order chi connectivity index (χ1) is 13.9. The average molecular weight is 421 g/mol. The lowest BCUT2D eigenvalue weighted by molar-refractivity contribution is -0.883. The van der Waals surface area contributed by atoms with E-state index >= 15 is 0 Å². The number of hydrogen-bond acceptors (Lipinski definition) is 5. The van der Waals surface area contributed by atoms with Gasteiger partial charge in [0.15, 0.2) is 6.61 Å². The average Bonchev–Trinajstić information content (AvgIpc) is 2.73. The predicted octanol–water partition coefficient (Wildman–Crippen LogP) is 0.232. The summed E-state index contributed by atoms with van der Waals surface area (Å²) in [6.45, 7) is 2.45. The smallest absolute Gasteiger partial charge is 0.262 e. The number of sulfonamides is 1. The summed E-state index contributed by atoms with van der Waals surface area (Å²) in [6, 6.07) is 13.1. The normalized spacial score (nSPS) is 15.7. The summed E-state index contributed by atoms with van der Waals surface area (Å²) in [4.78, 5) is 13.6. The number of ether oxygens (including phenoxy) is 2. The number of amides is 1. The second-order valence-electron chi connectivity index (χ2n) is 6.90. The van der Waals surface area contributed by atoms with Crippen LogP contribution in [-0.4, -0.2) is 65.6 Å². The van der Waals surface area contributed by atoms with Gasteiger partial charge in [0, 0.05) is 5.69 Å². The Balaban J connectivity index is 1.54. The molecule has 2 N–H and O–H groups in total. The van der Waals surface area contributed by atoms with Gasteiger partial charge < -0.3 is 19.7 Å². The van der Waals surface area contributed by atoms with Gasteiger partial charge in [-0.25, -0.2) is 8.42 Å². The monoisotopic (exact) mass is 420 g/mol. The molecule has 8 nitrogen and oxygen atoms in total. The number of likely N-dealkylation sites (N-methyl/N-ethyl adjacent to an activating group) is 1. The molecule has 29 heavy (non-hydrogen) atoms. The molecule has 1 amide bonds. The fourth-order valence-electron chi connectivity index (χ4n) is 2.99. The molecule has 1 saturated heterocycles. The molecular weight excluding hydrogens is 394 g/mol. The third-order valence-electron chi connectivity index (χ3n) is 4.78. The number of hydrogen-bond donors (Lipinski definition) is 2. The van der Waals surface area contributed by atoms with Gasteiger partial charge in [-0.1, -0.05) is 0 Å². The Labute approximate surface area is 171 Å². The first-order valence-electron chi connectivity index (χ1n) is 9.37. The highest BCUT2D eigenvalue weighted by molar-refractivity contribution is 7.89. The zero-order chi connectivity index (χ0) is 20.9. The van der Waals surface area contributed by atoms with Gasteiger partial charge >= 0.3 is 0 Å². The largest absolute Gasteiger partial charge is 0.497 e. The first kappa shape index (κ1) is 21.1. The van der Waals surface area contributed by atoms with Crippen molar-refractivity contribution in [1.29, 1.82) is 0 Å². The van der Waals surface area contributed by atoms with Crippen molar-refractivity contribution < 1.29 is 27.6 Å². The Morgan fingerprint density at radius 1 is 1.03 bits per heavy atom. The van der Waals surface area contributed by atoms with Crippen LogP contribution in [0.15, 0.2) is 53.4 Å². The van der Waals surface area contributed by atoms with E-state index in [-0.39, 0.29) is 17.4 Å². The molecule has 0 radical (unpaired) electrons. The Morgan fingerprint density at radius 3 is 2.21 bits per heavy atom. The van der Waals surface area contributed by atoms with Crippen LogP contribution in [0.5, 0.6) is 11.5 Å². The fraction of sp³-hybridized carbons (Fsp3) is 0.350. The van der Waals surface area contributed by atoms with Gasteiger partial charge in [0.25, 0.3) is 5.91 Å². The van der Waals surface area contributed by atoms with Crippen LogP contribution in [0.4, 0.5) is 5.69 Å². The molecule has 0 bridgehead atoms. The maximum atomic E-state index is 12.7. The Bertz CT molecular complexity index is 922. The standard InChI is InChI=1S/C20H25N3O5S/c1-22-11-13-23(14-12-22)29(25,26)19-9-3-16(4-10-19)21-20(24)15-28-18-7-5-17(27-2)6-8-18/h3-10H,11-15H2,1-2H3,(H,21,24)/p+1. The zero-order valence-corrected chi connectivity index (χ0v) is 17.4. The number of rotatable bonds is 7. The molecule has 0 spiro atoms. The quantitative estimate of drug-likeness (QED) is 0.670. The minimum atomic E-state index is -3.51. The topological polar surface area (TPSA) is 89.4 Å². The summed E-state index contributed by atoms with van der Waals surface area (Å²) in [5, 5.41) is 2.70. The van der Waals surface area contributed by atoms with E-state index < -0.39 is 10.0 Å². The van der Waals surface area contributed by atoms with Crippen molar-refractivity contribution in [2.24, 2.45) is 0 Å². The Hall–Kier alpha value is -2.62. The highest BCUT2D eigenvalue weighted by Gasteiger charge is 2.28. The van der Waals surface area contributed by atoms with Gasteiger partial charge in [0.05, 0.1) is 45.2 Å². The molecule has 9 heteroatoms. The summed E-state index contributed by atoms with van der Waals surface area (Å²) in [6.07, 6.45) is 0. The zero-order valence-electron chi connectivity index (χ0n) is 16.6. The lowest BCUT2D eigenvalue weighted by Gasteiger charge is -2.29. The molecule has 1 fully saturated rings. The van der Waals surface area contributed by atoms with E-state index in [0.717, 1.165) is 13.1 Å². The van der Waals surface area contributed by atoms with E-state index in [1.807, 2.05) is 0 Å². The van der Waals surface area contributed by atoms with Crippen molar-refractivity contribution in [3.05, 3.63) is 48.5 Å². The predicted molar refractivity (Wildman–Crippen MR) is 109 cm³/mol. The van der Waals surface area contributed by atoms with Crippen LogP contribution in [0.1, 0.15) is 0 Å². The second kappa shape index (κ2) is 9.25. The van der Waals surface area contributed by atoms with E-state index in [1.54, 1.807) is 43.5 Å². The lowest BCUT2D eigenvalue weighted by Crippen LogP contribution is -3.12. The van der Waals surface area contributed by atoms with Gasteiger partial charge in [-0.3, -0.25) is 4.79 Å². The van der Waals surface area contributed by atoms with Crippen LogP contribution in [0, 0.1) is 0 Å². The molecule has 3 rings (SSSR count). The summed E-state index contributed by atoms with van der Waals surface area (Å²) < 4.78 is 37.5. The molecular formula is C20H26N3O5S+. The van der Waals surface area contributed by atoms with E-state index in [9.17, 15) is 13.2 Å². The van der Waals surface area contributed by atoms with Gasteiger partial charge in [-0.15, -0.1) is 0 Å². The third kappa shape index (κ3) is 5.47. The van der Waals surface area contributed by atoms with Gasteiger partial charge in [0.2, 0.25) is 10.0 Å². The van der Waals surface area contributed by atoms with E-state index in [0.29, 0.717) is 30.3 Å². The number of benzene rings is 2. The SMILES string of the molecule is COc1ccc(OCC(=O)Nc2ccc(S(=O)(=O)N3CC[NH+](C)CC3)cc2)cc1. The van der Waals surface area contributed by atoms with Crippen molar-refractivity contribution in [2.45, 2.75) is 4.90 Å². The van der Waals surface area contributed by atoms with Crippen LogP contribution < -0.4 is 19.7 Å². The Kier molecular flexibility index (Phi) is 6.73. The van der Waals surface area contributed by atoms with Gasteiger partial charge in [-0.2, -0.15) is 4.31 Å². The molecule has 0 saturated carbocycles. The first-order valence-corrected chi connectivity index (χ1v) is 10.8. The number of quaternary nitrogens is 1. The van der Waals surface area contributed by atoms with Crippen LogP contribution in [-0.2, 0) is 14.8 Å². The van der Waals surface area contributed by atoms with Crippen molar-refractivity contribution in [1.82, 2.24) is 4.31 Å². The minimum absolute atomic E-state index is 0.157. The van der Waals surface area contributed by atoms with Crippen LogP contribution in [0.2, 0.25) is 0 Å². The van der Waals surface area contributed by atoms with Crippen LogP contribution in [0.3, 0.4) is 0 Å². The van der Waals surface area contributed by atoms with Crippen LogP contribution in [0.25, 0.3) is 0 Å². The molecule has 0 unspecified atom stereocenters. The number of nitrogens with one attached hydrogen (secondary N) is 2. The molecule has 0 aliphatic carbocycles. The maximum absolute atomic E-state index is 12.7. The summed E-state index contributed by atoms with van der Waals surface area (Å²) in [7, 11) is 0.120. The van der Waals surface area contributed by atoms with Crippen molar-refractivity contribution in [3.63, 3.8) is 0 Å². The van der Waals surface area contributed by atoms with Crippen LogP contribution >= 0.6 is 0 Å². The van der Waals surface area contributed by atoms with E-state index in [2.05, 4.69) is 12.4 Å². The summed E-state index contributed by atoms with van der Waals surface area (Å²) >= 11 is 0. The molecule has 1 heterocycles. The maximum Gasteiger partial charge on any atom is 0.262 e. The molecule has 156 valence electrons. The highest BCUT2D eigenvalue weighted by Crippen LogP contribution is 2.19. The molecule has 0 atom stereocenters. The number of anilines is 1. The number of piperazine rings is 1. The van der Waals surface area contributed by atoms with Gasteiger partial charge in [-0.05, 0) is 48.5 Å². The number of carbonyl (C=O) groups is 1. The fourth-order valence-corrected chi connectivity index (χ4v) is 4.43. The van der Waals surface area contributed by atoms with Crippen molar-refractivity contribution in [3.8, 4) is 11.5 Å². The molecule has 2 aromatic rings. The van der Waals surface area contributed by atoms with Crippen molar-refractivity contribution >= 4 is 21.6 Å². The molecule has 1 aliphatic heterocycles. The lowest BCUT2D eigenvalue weighted by atomic mass is 10.3. The van der Waals surface area contributed by atoms with E-state index in [4.69, 9.17) is 9.47 Å². The molecule has 1 aliphatic rings. The number of methoxy groups -OCH3 is 1. The minimum Gasteiger partial charge on any atom is -0.497 e. The second-order valence-corrected chi connectivity index (χ2v) is 8.84. The van der Waals surface area contributed by atoms with Gasteiger partial charge in [0.1, 0.15) is 11.5 Å². The molecule has 0 aromatic heterocycles. The number of carbonyl (C=O) groups excluding carboxylic acids is 1. The highest BCUT2D eigenvalue weighted by atomic mass is 32.2. The Morgan fingerprint density at radius 2 is 1.62 bits per heavy atom. The number of nitrogens with zero attached hydrogens (tertiary/aromatic N) is 1. The summed E-state index contributed by atoms with van der Waals surface area (Å²) in [5.41, 5.74) is 0.509. The molecule has 2 aromatic carbocycles. The summed E-state index contributed by atoms with van der Waals surface area (Å²) in [5.74, 6) is 0.921.